The predicted octanol–water partition coefficient (Wildman–Crippen LogP) is 1.70. The van der Waals surface area contributed by atoms with E-state index in [2.05, 4.69) is 10.2 Å². The highest BCUT2D eigenvalue weighted by Crippen LogP contribution is 2.27. The summed E-state index contributed by atoms with van der Waals surface area (Å²) in [6.45, 7) is 1.86. The van der Waals surface area contributed by atoms with Crippen LogP contribution in [0.4, 0.5) is 0 Å². The van der Waals surface area contributed by atoms with Crippen LogP contribution >= 0.6 is 11.6 Å². The minimum Gasteiger partial charge on any atom is -0.495 e. The van der Waals surface area contributed by atoms with Crippen molar-refractivity contribution >= 4 is 17.2 Å². The van der Waals surface area contributed by atoms with Crippen molar-refractivity contribution in [3.8, 4) is 5.75 Å². The molecule has 0 radical (unpaired) electrons. The Labute approximate surface area is 80.1 Å². The summed E-state index contributed by atoms with van der Waals surface area (Å²) in [6, 6.07) is 1.78. The normalized spacial score (nSPS) is 10.7. The largest absolute Gasteiger partial charge is 0.495 e. The molecule has 0 fully saturated rings. The van der Waals surface area contributed by atoms with Gasteiger partial charge in [0.1, 0.15) is 16.6 Å². The Morgan fingerprint density at radius 3 is 2.92 bits per heavy atom. The van der Waals surface area contributed by atoms with Crippen molar-refractivity contribution in [3.05, 3.63) is 23.1 Å². The van der Waals surface area contributed by atoms with E-state index in [1.807, 2.05) is 17.5 Å². The van der Waals surface area contributed by atoms with Crippen molar-refractivity contribution in [2.45, 2.75) is 6.92 Å². The molecule has 2 aromatic rings. The van der Waals surface area contributed by atoms with E-state index in [1.165, 1.54) is 0 Å². The number of hydrogen-bond acceptors (Lipinski definition) is 3. The number of methoxy groups -OCH3 is 1. The Hall–Kier alpha value is -1.29. The van der Waals surface area contributed by atoms with Crippen LogP contribution in [0.1, 0.15) is 5.82 Å². The third kappa shape index (κ3) is 1.14. The molecule has 0 bridgehead atoms. The van der Waals surface area contributed by atoms with Gasteiger partial charge in [0.25, 0.3) is 0 Å². The number of ether oxygens (including phenoxy) is 1. The van der Waals surface area contributed by atoms with E-state index in [9.17, 15) is 0 Å². The molecule has 0 saturated carbocycles. The van der Waals surface area contributed by atoms with E-state index in [-0.39, 0.29) is 0 Å². The number of aryl methyl sites for hydroxylation is 1. The van der Waals surface area contributed by atoms with Crippen LogP contribution in [-0.2, 0) is 0 Å². The van der Waals surface area contributed by atoms with Crippen molar-refractivity contribution in [2.75, 3.05) is 7.11 Å². The molecule has 0 unspecified atom stereocenters. The molecule has 0 atom stereocenters. The molecule has 4 nitrogen and oxygen atoms in total. The van der Waals surface area contributed by atoms with E-state index >= 15 is 0 Å². The van der Waals surface area contributed by atoms with Crippen molar-refractivity contribution < 1.29 is 4.74 Å². The molecule has 0 saturated heterocycles. The van der Waals surface area contributed by atoms with Gasteiger partial charge < -0.3 is 4.74 Å². The minimum atomic E-state index is 0.491. The number of hydrogen-bond donors (Lipinski definition) is 0. The van der Waals surface area contributed by atoms with Gasteiger partial charge in [-0.3, -0.25) is 4.40 Å². The molecule has 2 rings (SSSR count). The SMILES string of the molecule is COc1ccn2c(C)nnc2c1Cl. The van der Waals surface area contributed by atoms with E-state index in [0.29, 0.717) is 16.4 Å². The lowest BCUT2D eigenvalue weighted by molar-refractivity contribution is 0.415. The Morgan fingerprint density at radius 2 is 2.23 bits per heavy atom. The van der Waals surface area contributed by atoms with Gasteiger partial charge in [-0.15, -0.1) is 10.2 Å². The molecular formula is C8H8ClN3O. The van der Waals surface area contributed by atoms with Crippen LogP contribution in [0.5, 0.6) is 5.75 Å². The van der Waals surface area contributed by atoms with Crippen molar-refractivity contribution in [2.24, 2.45) is 0 Å². The van der Waals surface area contributed by atoms with Crippen LogP contribution in [0, 0.1) is 6.92 Å². The second kappa shape index (κ2) is 2.88. The molecule has 0 N–H and O–H groups in total. The second-order valence-corrected chi connectivity index (χ2v) is 3.02. The zero-order valence-corrected chi connectivity index (χ0v) is 8.04. The molecule has 0 spiro atoms. The molecular weight excluding hydrogens is 190 g/mol. The highest BCUT2D eigenvalue weighted by Gasteiger charge is 2.09. The van der Waals surface area contributed by atoms with Crippen LogP contribution in [0.15, 0.2) is 12.3 Å². The van der Waals surface area contributed by atoms with Crippen molar-refractivity contribution in [1.29, 1.82) is 0 Å². The van der Waals surface area contributed by atoms with Crippen LogP contribution in [0.3, 0.4) is 0 Å². The standard InChI is InChI=1S/C8H8ClN3O/c1-5-10-11-8-7(9)6(13-2)3-4-12(5)8/h3-4H,1-2H3. The smallest absolute Gasteiger partial charge is 0.183 e. The Bertz CT molecular complexity index is 452. The zero-order chi connectivity index (χ0) is 9.42. The molecule has 0 aliphatic carbocycles. The van der Waals surface area contributed by atoms with Gasteiger partial charge in [0.2, 0.25) is 0 Å². The fourth-order valence-electron chi connectivity index (χ4n) is 1.18. The molecule has 0 aliphatic heterocycles. The summed E-state index contributed by atoms with van der Waals surface area (Å²) < 4.78 is 6.86. The van der Waals surface area contributed by atoms with Crippen LogP contribution < -0.4 is 4.74 Å². The van der Waals surface area contributed by atoms with Crippen LogP contribution in [0.2, 0.25) is 5.02 Å². The van der Waals surface area contributed by atoms with Gasteiger partial charge in [-0.2, -0.15) is 0 Å². The molecule has 68 valence electrons. The monoisotopic (exact) mass is 197 g/mol. The number of fused-ring (bicyclic) bond motifs is 1. The number of pyridine rings is 1. The quantitative estimate of drug-likeness (QED) is 0.699. The van der Waals surface area contributed by atoms with Gasteiger partial charge in [0, 0.05) is 6.20 Å². The molecule has 5 heteroatoms. The topological polar surface area (TPSA) is 39.4 Å². The average molecular weight is 198 g/mol. The Morgan fingerprint density at radius 1 is 1.46 bits per heavy atom. The van der Waals surface area contributed by atoms with E-state index in [4.69, 9.17) is 16.3 Å². The lowest BCUT2D eigenvalue weighted by Crippen LogP contribution is -1.91. The lowest BCUT2D eigenvalue weighted by Gasteiger charge is -2.02. The van der Waals surface area contributed by atoms with E-state index in [0.717, 1.165) is 5.82 Å². The number of halogens is 1. The first kappa shape index (κ1) is 8.31. The summed E-state index contributed by atoms with van der Waals surface area (Å²) in [4.78, 5) is 0. The summed E-state index contributed by atoms with van der Waals surface area (Å²) in [5.41, 5.74) is 0.624. The summed E-state index contributed by atoms with van der Waals surface area (Å²) in [7, 11) is 1.57. The first-order valence-electron chi connectivity index (χ1n) is 3.78. The first-order valence-corrected chi connectivity index (χ1v) is 4.15. The minimum absolute atomic E-state index is 0.491. The number of aromatic nitrogens is 3. The maximum Gasteiger partial charge on any atom is 0.183 e. The van der Waals surface area contributed by atoms with E-state index in [1.54, 1.807) is 13.2 Å². The third-order valence-corrected chi connectivity index (χ3v) is 2.23. The Kier molecular flexibility index (Phi) is 1.84. The van der Waals surface area contributed by atoms with Crippen molar-refractivity contribution in [3.63, 3.8) is 0 Å². The van der Waals surface area contributed by atoms with Gasteiger partial charge in [0.15, 0.2) is 5.65 Å². The molecule has 2 aromatic heterocycles. The predicted molar refractivity (Wildman–Crippen MR) is 49.3 cm³/mol. The average Bonchev–Trinajstić information content (AvgIpc) is 2.50. The molecule has 13 heavy (non-hydrogen) atoms. The van der Waals surface area contributed by atoms with Crippen LogP contribution in [0.25, 0.3) is 5.65 Å². The highest BCUT2D eigenvalue weighted by atomic mass is 35.5. The Balaban J connectivity index is 2.80. The lowest BCUT2D eigenvalue weighted by atomic mass is 10.4. The first-order chi connectivity index (χ1) is 6.24. The number of nitrogens with zero attached hydrogens (tertiary/aromatic N) is 3. The maximum atomic E-state index is 6.01. The van der Waals surface area contributed by atoms with Gasteiger partial charge in [-0.25, -0.2) is 0 Å². The number of rotatable bonds is 1. The summed E-state index contributed by atoms with van der Waals surface area (Å²) in [6.07, 6.45) is 1.83. The van der Waals surface area contributed by atoms with Gasteiger partial charge in [-0.05, 0) is 13.0 Å². The van der Waals surface area contributed by atoms with Crippen LogP contribution in [-0.4, -0.2) is 21.7 Å². The molecule has 2 heterocycles. The molecule has 0 amide bonds. The maximum absolute atomic E-state index is 6.01. The highest BCUT2D eigenvalue weighted by molar-refractivity contribution is 6.34. The van der Waals surface area contributed by atoms with Gasteiger partial charge >= 0.3 is 0 Å². The molecule has 0 aliphatic rings. The van der Waals surface area contributed by atoms with Gasteiger partial charge in [0.05, 0.1) is 7.11 Å². The van der Waals surface area contributed by atoms with Crippen molar-refractivity contribution in [1.82, 2.24) is 14.6 Å². The summed E-state index contributed by atoms with van der Waals surface area (Å²) >= 11 is 6.01. The summed E-state index contributed by atoms with van der Waals surface area (Å²) in [5.74, 6) is 1.42. The third-order valence-electron chi connectivity index (χ3n) is 1.87. The fourth-order valence-corrected chi connectivity index (χ4v) is 1.45. The molecule has 0 aromatic carbocycles. The van der Waals surface area contributed by atoms with Gasteiger partial charge in [-0.1, -0.05) is 11.6 Å². The fraction of sp³-hybridized carbons (Fsp3) is 0.250. The van der Waals surface area contributed by atoms with E-state index < -0.39 is 0 Å². The zero-order valence-electron chi connectivity index (χ0n) is 7.28. The second-order valence-electron chi connectivity index (χ2n) is 2.64. The summed E-state index contributed by atoms with van der Waals surface area (Å²) in [5, 5.41) is 8.32.